The van der Waals surface area contributed by atoms with Crippen molar-refractivity contribution in [1.29, 1.82) is 10.5 Å². The molecule has 1 aromatic heterocycles. The molecule has 1 fully saturated rings. The number of carbonyl (C=O) groups is 1. The van der Waals surface area contributed by atoms with E-state index in [2.05, 4.69) is 17.1 Å². The van der Waals surface area contributed by atoms with E-state index in [-0.39, 0.29) is 11.3 Å². The molecule has 2 aromatic carbocycles. The summed E-state index contributed by atoms with van der Waals surface area (Å²) in [5.74, 6) is -1.82. The first-order valence-corrected chi connectivity index (χ1v) is 11.0. The van der Waals surface area contributed by atoms with E-state index in [1.165, 1.54) is 6.07 Å². The molecule has 0 amide bonds. The highest BCUT2D eigenvalue weighted by Crippen LogP contribution is 2.55. The highest BCUT2D eigenvalue weighted by atomic mass is 19.1. The summed E-state index contributed by atoms with van der Waals surface area (Å²) in [6, 6.07) is 17.9. The van der Waals surface area contributed by atoms with Gasteiger partial charge in [-0.05, 0) is 49.2 Å². The molecular weight excluding hydrogens is 427 g/mol. The van der Waals surface area contributed by atoms with Crippen molar-refractivity contribution in [3.8, 4) is 12.1 Å². The predicted molar refractivity (Wildman–Crippen MR) is 126 cm³/mol. The first kappa shape index (κ1) is 21.6. The van der Waals surface area contributed by atoms with Crippen LogP contribution in [0.1, 0.15) is 38.7 Å². The van der Waals surface area contributed by atoms with Crippen molar-refractivity contribution in [1.82, 2.24) is 4.98 Å². The van der Waals surface area contributed by atoms with E-state index in [0.717, 1.165) is 11.1 Å². The zero-order valence-corrected chi connectivity index (χ0v) is 18.7. The van der Waals surface area contributed by atoms with Crippen LogP contribution in [0.3, 0.4) is 0 Å². The van der Waals surface area contributed by atoms with Crippen LogP contribution in [0.15, 0.2) is 66.9 Å². The molecule has 0 N–H and O–H groups in total. The van der Waals surface area contributed by atoms with Crippen LogP contribution in [-0.4, -0.2) is 22.9 Å². The minimum absolute atomic E-state index is 0.182. The lowest BCUT2D eigenvalue weighted by Gasteiger charge is -2.35. The number of hydrogen-bond donors (Lipinski definition) is 0. The van der Waals surface area contributed by atoms with Gasteiger partial charge in [0.1, 0.15) is 11.9 Å². The molecular formula is C28H21FN4O. The van der Waals surface area contributed by atoms with Crippen LogP contribution in [0, 0.1) is 47.7 Å². The highest BCUT2D eigenvalue weighted by molar-refractivity contribution is 6.05. The van der Waals surface area contributed by atoms with Gasteiger partial charge in [-0.15, -0.1) is 0 Å². The molecule has 5 rings (SSSR count). The van der Waals surface area contributed by atoms with Crippen LogP contribution in [0.2, 0.25) is 0 Å². The fraction of sp³-hybridized carbons (Fsp3) is 0.214. The average molecular weight is 449 g/mol. The Morgan fingerprint density at radius 3 is 2.56 bits per heavy atom. The second-order valence-electron chi connectivity index (χ2n) is 8.84. The molecule has 2 aliphatic heterocycles. The lowest BCUT2D eigenvalue weighted by Crippen LogP contribution is -2.44. The second-order valence-corrected chi connectivity index (χ2v) is 8.84. The number of anilines is 1. The summed E-state index contributed by atoms with van der Waals surface area (Å²) >= 11 is 0. The van der Waals surface area contributed by atoms with E-state index in [4.69, 9.17) is 0 Å². The normalized spacial score (nSPS) is 21.8. The lowest BCUT2D eigenvalue weighted by atomic mass is 9.69. The molecule has 6 heteroatoms. The lowest BCUT2D eigenvalue weighted by molar-refractivity contribution is 0.0950. The Kier molecular flexibility index (Phi) is 5.03. The molecule has 0 bridgehead atoms. The van der Waals surface area contributed by atoms with Gasteiger partial charge in [0.15, 0.2) is 11.2 Å². The van der Waals surface area contributed by atoms with Crippen molar-refractivity contribution >= 4 is 17.5 Å². The molecule has 3 heterocycles. The molecule has 2 aliphatic rings. The average Bonchev–Trinajstić information content (AvgIpc) is 3.15. The Balaban J connectivity index is 1.82. The number of fused-ring (bicyclic) bond motifs is 3. The maximum atomic E-state index is 15.2. The van der Waals surface area contributed by atoms with Crippen LogP contribution in [0.25, 0.3) is 6.08 Å². The van der Waals surface area contributed by atoms with Crippen LogP contribution >= 0.6 is 0 Å². The van der Waals surface area contributed by atoms with E-state index in [1.807, 2.05) is 32.0 Å². The van der Waals surface area contributed by atoms with Crippen molar-refractivity contribution in [2.45, 2.75) is 31.8 Å². The van der Waals surface area contributed by atoms with Gasteiger partial charge in [0.2, 0.25) is 0 Å². The van der Waals surface area contributed by atoms with Gasteiger partial charge in [0.25, 0.3) is 0 Å². The summed E-state index contributed by atoms with van der Waals surface area (Å²) in [6.45, 7) is 3.81. The van der Waals surface area contributed by atoms with E-state index in [0.29, 0.717) is 16.9 Å². The third-order valence-corrected chi connectivity index (χ3v) is 6.93. The maximum Gasteiger partial charge on any atom is 0.186 e. The molecule has 0 aliphatic carbocycles. The van der Waals surface area contributed by atoms with Crippen molar-refractivity contribution in [3.63, 3.8) is 0 Å². The maximum absolute atomic E-state index is 15.2. The van der Waals surface area contributed by atoms with Gasteiger partial charge in [-0.25, -0.2) is 4.39 Å². The van der Waals surface area contributed by atoms with E-state index < -0.39 is 29.2 Å². The number of Topliss-reactive ketones (excluding diaryl/α,β-unsaturated/α-hetero) is 1. The Bertz CT molecular complexity index is 1420. The number of nitriles is 2. The molecule has 34 heavy (non-hydrogen) atoms. The SMILES string of the molecule is Cc1ccc(C(=O)[C@@H]2[C@@H](c3ccccc3F)C(C#N)(C#N)[C@H]3C=Cc4ncccc4N23)c(C)c1. The topological polar surface area (TPSA) is 80.8 Å². The van der Waals surface area contributed by atoms with E-state index in [9.17, 15) is 15.3 Å². The smallest absolute Gasteiger partial charge is 0.186 e. The summed E-state index contributed by atoms with van der Waals surface area (Å²) in [4.78, 5) is 20.4. The van der Waals surface area contributed by atoms with Gasteiger partial charge in [0.05, 0.1) is 29.6 Å². The summed E-state index contributed by atoms with van der Waals surface area (Å²) in [6.07, 6.45) is 5.16. The molecule has 0 unspecified atom stereocenters. The number of ketones is 1. The molecule has 1 saturated heterocycles. The van der Waals surface area contributed by atoms with E-state index >= 15 is 4.39 Å². The van der Waals surface area contributed by atoms with Crippen LogP contribution in [0.4, 0.5) is 10.1 Å². The zero-order valence-electron chi connectivity index (χ0n) is 18.7. The van der Waals surface area contributed by atoms with Crippen molar-refractivity contribution in [2.24, 2.45) is 5.41 Å². The van der Waals surface area contributed by atoms with Crippen LogP contribution < -0.4 is 4.90 Å². The number of carbonyl (C=O) groups excluding carboxylic acids is 1. The molecule has 3 atom stereocenters. The Morgan fingerprint density at radius 1 is 1.09 bits per heavy atom. The Labute approximate surface area is 197 Å². The van der Waals surface area contributed by atoms with Gasteiger partial charge in [-0.3, -0.25) is 9.78 Å². The molecule has 5 nitrogen and oxygen atoms in total. The van der Waals surface area contributed by atoms with E-state index in [1.54, 1.807) is 53.6 Å². The summed E-state index contributed by atoms with van der Waals surface area (Å²) in [7, 11) is 0. The van der Waals surface area contributed by atoms with Crippen LogP contribution in [-0.2, 0) is 0 Å². The Hall–Kier alpha value is -4.29. The zero-order chi connectivity index (χ0) is 24.0. The third-order valence-electron chi connectivity index (χ3n) is 6.93. The highest BCUT2D eigenvalue weighted by Gasteiger charge is 2.64. The molecule has 0 spiro atoms. The molecule has 166 valence electrons. The fourth-order valence-electron chi connectivity index (χ4n) is 5.43. The van der Waals surface area contributed by atoms with Gasteiger partial charge in [0, 0.05) is 17.7 Å². The van der Waals surface area contributed by atoms with Crippen molar-refractivity contribution in [2.75, 3.05) is 4.90 Å². The summed E-state index contributed by atoms with van der Waals surface area (Å²) in [5, 5.41) is 20.8. The number of benzene rings is 2. The van der Waals surface area contributed by atoms with Gasteiger partial charge >= 0.3 is 0 Å². The number of aromatic nitrogens is 1. The number of halogens is 1. The third kappa shape index (κ3) is 2.96. The Morgan fingerprint density at radius 2 is 1.85 bits per heavy atom. The number of aryl methyl sites for hydroxylation is 2. The first-order valence-electron chi connectivity index (χ1n) is 11.0. The predicted octanol–water partition coefficient (Wildman–Crippen LogP) is 5.12. The van der Waals surface area contributed by atoms with Crippen molar-refractivity contribution in [3.05, 3.63) is 101 Å². The number of pyridine rings is 1. The molecule has 0 saturated carbocycles. The van der Waals surface area contributed by atoms with Gasteiger partial charge < -0.3 is 4.90 Å². The summed E-state index contributed by atoms with van der Waals surface area (Å²) < 4.78 is 15.2. The van der Waals surface area contributed by atoms with Crippen molar-refractivity contribution < 1.29 is 9.18 Å². The largest absolute Gasteiger partial charge is 0.349 e. The standard InChI is InChI=1S/C28H21FN4O/c1-17-9-10-19(18(2)14-17)27(34)26-25(20-6-3-4-7-21(20)29)28(15-30,16-31)24-12-11-22-23(33(24)26)8-5-13-32-22/h3-14,24-26H,1-2H3/t24-,25-,26+/m1/s1. The molecule has 3 aromatic rings. The number of nitrogens with zero attached hydrogens (tertiary/aromatic N) is 4. The summed E-state index contributed by atoms with van der Waals surface area (Å²) in [5.41, 5.74) is 2.07. The minimum atomic E-state index is -1.69. The number of rotatable bonds is 3. The van der Waals surface area contributed by atoms with Gasteiger partial charge in [-0.2, -0.15) is 10.5 Å². The second kappa shape index (κ2) is 7.93. The fourth-order valence-corrected chi connectivity index (χ4v) is 5.43. The molecule has 0 radical (unpaired) electrons. The van der Waals surface area contributed by atoms with Gasteiger partial charge in [-0.1, -0.05) is 48.0 Å². The first-order chi connectivity index (χ1) is 16.4. The quantitative estimate of drug-likeness (QED) is 0.520. The number of hydrogen-bond acceptors (Lipinski definition) is 5. The van der Waals surface area contributed by atoms with Crippen LogP contribution in [0.5, 0.6) is 0 Å². The monoisotopic (exact) mass is 448 g/mol. The minimum Gasteiger partial charge on any atom is -0.349 e.